The molecule has 0 aliphatic rings. The lowest BCUT2D eigenvalue weighted by Gasteiger charge is -2.09. The number of nitro groups is 1. The second kappa shape index (κ2) is 6.33. The molecule has 0 saturated carbocycles. The van der Waals surface area contributed by atoms with Gasteiger partial charge in [-0.15, -0.1) is 0 Å². The number of carbonyl (C=O) groups is 1. The zero-order chi connectivity index (χ0) is 17.1. The molecule has 1 aromatic heterocycles. The number of aromatic hydroxyl groups is 1. The molecular formula is C17H13N3O4. The number of hydrogen-bond acceptors (Lipinski definition) is 5. The van der Waals surface area contributed by atoms with E-state index in [0.29, 0.717) is 0 Å². The molecule has 1 amide bonds. The van der Waals surface area contributed by atoms with Crippen molar-refractivity contribution in [1.82, 2.24) is 10.3 Å². The van der Waals surface area contributed by atoms with Gasteiger partial charge in [-0.3, -0.25) is 19.9 Å². The average Bonchev–Trinajstić information content (AvgIpc) is 2.61. The Morgan fingerprint density at radius 3 is 2.67 bits per heavy atom. The molecule has 2 N–H and O–H groups in total. The first-order chi connectivity index (χ1) is 11.6. The van der Waals surface area contributed by atoms with Crippen LogP contribution in [0.4, 0.5) is 5.69 Å². The summed E-state index contributed by atoms with van der Waals surface area (Å²) in [6.07, 6.45) is 1.40. The molecular weight excluding hydrogens is 310 g/mol. The van der Waals surface area contributed by atoms with Crippen molar-refractivity contribution in [2.45, 2.75) is 6.54 Å². The number of phenols is 1. The number of phenolic OH excluding ortho intramolecular Hbond substituents is 1. The van der Waals surface area contributed by atoms with E-state index in [4.69, 9.17) is 0 Å². The normalized spacial score (nSPS) is 10.5. The van der Waals surface area contributed by atoms with Gasteiger partial charge >= 0.3 is 0 Å². The summed E-state index contributed by atoms with van der Waals surface area (Å²) in [5.74, 6) is -0.978. The van der Waals surface area contributed by atoms with Crippen LogP contribution in [0.1, 0.15) is 15.9 Å². The Labute approximate surface area is 136 Å². The summed E-state index contributed by atoms with van der Waals surface area (Å²) >= 11 is 0. The van der Waals surface area contributed by atoms with E-state index in [1.807, 2.05) is 30.3 Å². The van der Waals surface area contributed by atoms with Gasteiger partial charge in [0.25, 0.3) is 11.6 Å². The fraction of sp³-hybridized carbons (Fsp3) is 0.0588. The first-order valence-corrected chi connectivity index (χ1v) is 7.15. The molecule has 0 atom stereocenters. The van der Waals surface area contributed by atoms with Gasteiger partial charge < -0.3 is 10.4 Å². The summed E-state index contributed by atoms with van der Waals surface area (Å²) in [4.78, 5) is 26.9. The van der Waals surface area contributed by atoms with Crippen LogP contribution in [0, 0.1) is 10.1 Å². The SMILES string of the molecule is O=C(NCc1ccccc1)c1cc([N+](=O)[O-])c2cccnc2c1O. The minimum atomic E-state index is -0.605. The molecule has 7 nitrogen and oxygen atoms in total. The number of rotatable bonds is 4. The summed E-state index contributed by atoms with van der Waals surface area (Å²) in [6, 6.07) is 13.3. The van der Waals surface area contributed by atoms with Gasteiger partial charge in [0.1, 0.15) is 5.52 Å². The van der Waals surface area contributed by atoms with E-state index in [9.17, 15) is 20.0 Å². The van der Waals surface area contributed by atoms with Gasteiger partial charge in [0, 0.05) is 18.8 Å². The lowest BCUT2D eigenvalue weighted by atomic mass is 10.1. The second-order valence-electron chi connectivity index (χ2n) is 5.12. The highest BCUT2D eigenvalue weighted by Gasteiger charge is 2.23. The third-order valence-corrected chi connectivity index (χ3v) is 3.58. The Bertz CT molecular complexity index is 926. The van der Waals surface area contributed by atoms with E-state index in [1.54, 1.807) is 0 Å². The number of nitrogens with one attached hydrogen (secondary N) is 1. The maximum absolute atomic E-state index is 12.3. The molecule has 2 aromatic carbocycles. The van der Waals surface area contributed by atoms with Gasteiger partial charge in [0.15, 0.2) is 5.75 Å². The summed E-state index contributed by atoms with van der Waals surface area (Å²) in [6.45, 7) is 0.243. The monoisotopic (exact) mass is 323 g/mol. The van der Waals surface area contributed by atoms with E-state index in [2.05, 4.69) is 10.3 Å². The predicted octanol–water partition coefficient (Wildman–Crippen LogP) is 2.78. The van der Waals surface area contributed by atoms with E-state index >= 15 is 0 Å². The number of nitrogens with zero attached hydrogens (tertiary/aromatic N) is 2. The molecule has 1 heterocycles. The highest BCUT2D eigenvalue weighted by molar-refractivity contribution is 6.05. The molecule has 0 aliphatic carbocycles. The maximum atomic E-state index is 12.3. The van der Waals surface area contributed by atoms with Gasteiger partial charge in [-0.1, -0.05) is 30.3 Å². The molecule has 0 unspecified atom stereocenters. The predicted molar refractivity (Wildman–Crippen MR) is 87.7 cm³/mol. The molecule has 0 saturated heterocycles. The van der Waals surface area contributed by atoms with Crippen molar-refractivity contribution in [1.29, 1.82) is 0 Å². The molecule has 0 spiro atoms. The largest absolute Gasteiger partial charge is 0.505 e. The Hall–Kier alpha value is -3.48. The highest BCUT2D eigenvalue weighted by Crippen LogP contribution is 2.34. The standard InChI is InChI=1S/C17H13N3O4/c21-16-13(17(22)19-10-11-5-2-1-3-6-11)9-14(20(23)24)12-7-4-8-18-15(12)16/h1-9,21H,10H2,(H,19,22). The topological polar surface area (TPSA) is 105 Å². The molecule has 3 rings (SSSR count). The Kier molecular flexibility index (Phi) is 4.07. The minimum Gasteiger partial charge on any atom is -0.505 e. The van der Waals surface area contributed by atoms with Gasteiger partial charge in [-0.25, -0.2) is 0 Å². The molecule has 0 radical (unpaired) electrons. The number of carbonyl (C=O) groups excluding carboxylic acids is 1. The van der Waals surface area contributed by atoms with E-state index in [-0.39, 0.29) is 34.4 Å². The molecule has 24 heavy (non-hydrogen) atoms. The van der Waals surface area contributed by atoms with E-state index < -0.39 is 10.8 Å². The van der Waals surface area contributed by atoms with Crippen molar-refractivity contribution in [3.8, 4) is 5.75 Å². The van der Waals surface area contributed by atoms with E-state index in [1.165, 1.54) is 18.3 Å². The third-order valence-electron chi connectivity index (χ3n) is 3.58. The number of aromatic nitrogens is 1. The number of fused-ring (bicyclic) bond motifs is 1. The summed E-state index contributed by atoms with van der Waals surface area (Å²) in [5, 5.41) is 24.3. The van der Waals surface area contributed by atoms with Crippen molar-refractivity contribution >= 4 is 22.5 Å². The highest BCUT2D eigenvalue weighted by atomic mass is 16.6. The van der Waals surface area contributed by atoms with Gasteiger partial charge in [0.2, 0.25) is 0 Å². The summed E-state index contributed by atoms with van der Waals surface area (Å²) in [7, 11) is 0. The lowest BCUT2D eigenvalue weighted by molar-refractivity contribution is -0.383. The molecule has 3 aromatic rings. The molecule has 0 aliphatic heterocycles. The van der Waals surface area contributed by atoms with Crippen LogP contribution < -0.4 is 5.32 Å². The minimum absolute atomic E-state index is 0.0246. The average molecular weight is 323 g/mol. The third kappa shape index (κ3) is 2.87. The van der Waals surface area contributed by atoms with Crippen LogP contribution in [0.15, 0.2) is 54.7 Å². The number of non-ortho nitro benzene ring substituents is 1. The number of amides is 1. The number of pyridine rings is 1. The van der Waals surface area contributed by atoms with Crippen molar-refractivity contribution < 1.29 is 14.8 Å². The number of hydrogen-bond donors (Lipinski definition) is 2. The van der Waals surface area contributed by atoms with Gasteiger partial charge in [0.05, 0.1) is 15.9 Å². The first kappa shape index (κ1) is 15.4. The van der Waals surface area contributed by atoms with Crippen molar-refractivity contribution in [2.75, 3.05) is 0 Å². The zero-order valence-corrected chi connectivity index (χ0v) is 12.5. The van der Waals surface area contributed by atoms with Crippen LogP contribution in [-0.2, 0) is 6.54 Å². The quantitative estimate of drug-likeness (QED) is 0.567. The van der Waals surface area contributed by atoms with E-state index in [0.717, 1.165) is 11.6 Å². The van der Waals surface area contributed by atoms with Crippen molar-refractivity contribution in [3.05, 3.63) is 76.0 Å². The lowest BCUT2D eigenvalue weighted by Crippen LogP contribution is -2.23. The Morgan fingerprint density at radius 2 is 1.96 bits per heavy atom. The van der Waals surface area contributed by atoms with Crippen molar-refractivity contribution in [2.24, 2.45) is 0 Å². The second-order valence-corrected chi connectivity index (χ2v) is 5.12. The summed E-state index contributed by atoms with van der Waals surface area (Å²) < 4.78 is 0. The fourth-order valence-corrected chi connectivity index (χ4v) is 2.41. The first-order valence-electron chi connectivity index (χ1n) is 7.15. The smallest absolute Gasteiger partial charge is 0.279 e. The van der Waals surface area contributed by atoms with Crippen LogP contribution >= 0.6 is 0 Å². The number of nitro benzene ring substituents is 1. The Morgan fingerprint density at radius 1 is 1.21 bits per heavy atom. The maximum Gasteiger partial charge on any atom is 0.279 e. The van der Waals surface area contributed by atoms with Crippen LogP contribution in [0.5, 0.6) is 5.75 Å². The molecule has 0 fully saturated rings. The molecule has 7 heteroatoms. The van der Waals surface area contributed by atoms with Gasteiger partial charge in [-0.2, -0.15) is 0 Å². The van der Waals surface area contributed by atoms with Crippen LogP contribution in [0.2, 0.25) is 0 Å². The van der Waals surface area contributed by atoms with Crippen LogP contribution in [-0.4, -0.2) is 20.9 Å². The molecule has 120 valence electrons. The van der Waals surface area contributed by atoms with Crippen molar-refractivity contribution in [3.63, 3.8) is 0 Å². The zero-order valence-electron chi connectivity index (χ0n) is 12.5. The van der Waals surface area contributed by atoms with Crippen LogP contribution in [0.25, 0.3) is 10.9 Å². The van der Waals surface area contributed by atoms with Crippen LogP contribution in [0.3, 0.4) is 0 Å². The molecule has 0 bridgehead atoms. The summed E-state index contributed by atoms with van der Waals surface area (Å²) in [5.41, 5.74) is 0.444. The Balaban J connectivity index is 1.98. The fourth-order valence-electron chi connectivity index (χ4n) is 2.41. The number of benzene rings is 2. The van der Waals surface area contributed by atoms with Gasteiger partial charge in [-0.05, 0) is 17.7 Å².